The van der Waals surface area contributed by atoms with E-state index < -0.39 is 13.0 Å². The number of benzene rings is 1. The average molecular weight is 290 g/mol. The Bertz CT molecular complexity index is 544. The predicted octanol–water partition coefficient (Wildman–Crippen LogP) is 3.76. The summed E-state index contributed by atoms with van der Waals surface area (Å²) in [6, 6.07) is 6.70. The van der Waals surface area contributed by atoms with E-state index in [0.29, 0.717) is 22.8 Å². The lowest BCUT2D eigenvalue weighted by Gasteiger charge is -2.08. The third kappa shape index (κ3) is 3.89. The minimum Gasteiger partial charge on any atom is -0.459 e. The molecule has 6 heteroatoms. The van der Waals surface area contributed by atoms with Crippen LogP contribution in [0.4, 0.5) is 8.78 Å². The van der Waals surface area contributed by atoms with E-state index in [4.69, 9.17) is 26.5 Å². The largest absolute Gasteiger partial charge is 0.459 e. The molecule has 1 atom stereocenters. The van der Waals surface area contributed by atoms with E-state index in [2.05, 4.69) is 0 Å². The highest BCUT2D eigenvalue weighted by Gasteiger charge is 2.12. The fourth-order valence-corrected chi connectivity index (χ4v) is 1.92. The molecule has 1 unspecified atom stereocenters. The molecule has 0 aliphatic carbocycles. The molecule has 0 spiro atoms. The molecule has 0 saturated heterocycles. The lowest BCUT2D eigenvalue weighted by Crippen LogP contribution is -2.14. The van der Waals surface area contributed by atoms with Crippen LogP contribution in [-0.2, 0) is 4.74 Å². The van der Waals surface area contributed by atoms with Crippen LogP contribution in [0.2, 0.25) is 5.02 Å². The number of fused-ring (bicyclic) bond motifs is 1. The monoisotopic (exact) mass is 289 g/mol. The zero-order valence-electron chi connectivity index (χ0n) is 10.1. The predicted molar refractivity (Wildman–Crippen MR) is 69.6 cm³/mol. The van der Waals surface area contributed by atoms with E-state index in [-0.39, 0.29) is 12.6 Å². The molecule has 0 saturated carbocycles. The first-order valence-electron chi connectivity index (χ1n) is 5.86. The Kier molecular flexibility index (Phi) is 4.74. The standard InChI is InChI=1S/C13H14ClF2NO2/c14-9-1-2-11-8(5-9)6-12(19-11)10(17)3-4-18-7-13(15)16/h1-2,5-6,10,13H,3-4,7,17H2. The quantitative estimate of drug-likeness (QED) is 0.824. The van der Waals surface area contributed by atoms with Crippen molar-refractivity contribution in [1.82, 2.24) is 0 Å². The van der Waals surface area contributed by atoms with Crippen LogP contribution in [0, 0.1) is 0 Å². The molecule has 0 amide bonds. The molecule has 0 fully saturated rings. The van der Waals surface area contributed by atoms with Crippen molar-refractivity contribution < 1.29 is 17.9 Å². The molecule has 19 heavy (non-hydrogen) atoms. The van der Waals surface area contributed by atoms with E-state index in [9.17, 15) is 8.78 Å². The van der Waals surface area contributed by atoms with E-state index >= 15 is 0 Å². The molecule has 0 bridgehead atoms. The van der Waals surface area contributed by atoms with Crippen LogP contribution in [0.5, 0.6) is 0 Å². The van der Waals surface area contributed by atoms with Gasteiger partial charge in [-0.25, -0.2) is 8.78 Å². The van der Waals surface area contributed by atoms with E-state index in [1.807, 2.05) is 0 Å². The number of nitrogens with two attached hydrogens (primary N) is 1. The minimum absolute atomic E-state index is 0.170. The molecule has 1 aromatic carbocycles. The van der Waals surface area contributed by atoms with Crippen molar-refractivity contribution in [2.45, 2.75) is 18.9 Å². The number of hydrogen-bond donors (Lipinski definition) is 1. The second-order valence-electron chi connectivity index (χ2n) is 4.19. The number of alkyl halides is 2. The molecule has 0 radical (unpaired) electrons. The topological polar surface area (TPSA) is 48.4 Å². The number of furan rings is 1. The zero-order chi connectivity index (χ0) is 13.8. The molecule has 2 rings (SSSR count). The summed E-state index contributed by atoms with van der Waals surface area (Å²) in [5.41, 5.74) is 6.62. The van der Waals surface area contributed by atoms with Crippen LogP contribution < -0.4 is 5.73 Å². The van der Waals surface area contributed by atoms with E-state index in [0.717, 1.165) is 5.39 Å². The van der Waals surface area contributed by atoms with Gasteiger partial charge in [-0.05, 0) is 30.7 Å². The van der Waals surface area contributed by atoms with Crippen LogP contribution in [0.1, 0.15) is 18.2 Å². The van der Waals surface area contributed by atoms with Crippen LogP contribution in [0.3, 0.4) is 0 Å². The Morgan fingerprint density at radius 1 is 1.32 bits per heavy atom. The van der Waals surface area contributed by atoms with Crippen molar-refractivity contribution >= 4 is 22.6 Å². The molecule has 104 valence electrons. The van der Waals surface area contributed by atoms with Crippen molar-refractivity contribution in [2.24, 2.45) is 5.73 Å². The van der Waals surface area contributed by atoms with Gasteiger partial charge >= 0.3 is 0 Å². The molecule has 0 aliphatic heterocycles. The Morgan fingerprint density at radius 3 is 2.84 bits per heavy atom. The molecule has 2 N–H and O–H groups in total. The Morgan fingerprint density at radius 2 is 2.11 bits per heavy atom. The van der Waals surface area contributed by atoms with Crippen LogP contribution in [0.15, 0.2) is 28.7 Å². The summed E-state index contributed by atoms with van der Waals surface area (Å²) in [5, 5.41) is 1.49. The van der Waals surface area contributed by atoms with Crippen molar-refractivity contribution in [3.63, 3.8) is 0 Å². The van der Waals surface area contributed by atoms with Crippen molar-refractivity contribution in [1.29, 1.82) is 0 Å². The van der Waals surface area contributed by atoms with E-state index in [1.165, 1.54) is 0 Å². The lowest BCUT2D eigenvalue weighted by atomic mass is 10.1. The molecule has 1 aromatic heterocycles. The number of ether oxygens (including phenoxy) is 1. The smallest absolute Gasteiger partial charge is 0.261 e. The molecule has 2 aromatic rings. The summed E-state index contributed by atoms with van der Waals surface area (Å²) >= 11 is 5.88. The van der Waals surface area contributed by atoms with E-state index in [1.54, 1.807) is 24.3 Å². The summed E-state index contributed by atoms with van der Waals surface area (Å²) in [4.78, 5) is 0. The van der Waals surface area contributed by atoms with Crippen LogP contribution >= 0.6 is 11.6 Å². The fraction of sp³-hybridized carbons (Fsp3) is 0.385. The third-order valence-corrected chi connectivity index (χ3v) is 2.91. The number of rotatable bonds is 6. The third-order valence-electron chi connectivity index (χ3n) is 2.68. The van der Waals surface area contributed by atoms with Gasteiger partial charge in [0.15, 0.2) is 0 Å². The zero-order valence-corrected chi connectivity index (χ0v) is 10.9. The average Bonchev–Trinajstić information content (AvgIpc) is 2.77. The molecular weight excluding hydrogens is 276 g/mol. The highest BCUT2D eigenvalue weighted by Crippen LogP contribution is 2.26. The minimum atomic E-state index is -2.45. The van der Waals surface area contributed by atoms with Gasteiger partial charge in [-0.2, -0.15) is 0 Å². The summed E-state index contributed by atoms with van der Waals surface area (Å²) in [6.07, 6.45) is -2.04. The maximum atomic E-state index is 11.9. The highest BCUT2D eigenvalue weighted by molar-refractivity contribution is 6.31. The van der Waals surface area contributed by atoms with Crippen molar-refractivity contribution in [3.8, 4) is 0 Å². The highest BCUT2D eigenvalue weighted by atomic mass is 35.5. The normalized spacial score (nSPS) is 13.3. The summed E-state index contributed by atoms with van der Waals surface area (Å²) < 4.78 is 34.1. The van der Waals surface area contributed by atoms with Crippen molar-refractivity contribution in [2.75, 3.05) is 13.2 Å². The first-order chi connectivity index (χ1) is 9.06. The van der Waals surface area contributed by atoms with Gasteiger partial charge < -0.3 is 14.9 Å². The molecule has 0 aliphatic rings. The first kappa shape index (κ1) is 14.2. The maximum Gasteiger partial charge on any atom is 0.261 e. The van der Waals surface area contributed by atoms with Gasteiger partial charge in [-0.3, -0.25) is 0 Å². The van der Waals surface area contributed by atoms with Gasteiger partial charge in [-0.1, -0.05) is 11.6 Å². The van der Waals surface area contributed by atoms with Gasteiger partial charge in [0.05, 0.1) is 6.04 Å². The summed E-state index contributed by atoms with van der Waals surface area (Å²) in [6.45, 7) is -0.397. The first-order valence-corrected chi connectivity index (χ1v) is 6.24. The Balaban J connectivity index is 1.95. The van der Waals surface area contributed by atoms with Gasteiger partial charge in [0.1, 0.15) is 18.0 Å². The lowest BCUT2D eigenvalue weighted by molar-refractivity contribution is 0.0148. The van der Waals surface area contributed by atoms with Gasteiger partial charge in [-0.15, -0.1) is 0 Å². The summed E-state index contributed by atoms with van der Waals surface area (Å²) in [7, 11) is 0. The maximum absolute atomic E-state index is 11.9. The second kappa shape index (κ2) is 6.32. The summed E-state index contributed by atoms with van der Waals surface area (Å²) in [5.74, 6) is 0.595. The number of hydrogen-bond acceptors (Lipinski definition) is 3. The van der Waals surface area contributed by atoms with Crippen molar-refractivity contribution in [3.05, 3.63) is 35.0 Å². The fourth-order valence-electron chi connectivity index (χ4n) is 1.74. The van der Waals surface area contributed by atoms with Crippen LogP contribution in [0.25, 0.3) is 11.0 Å². The Hall–Kier alpha value is -1.17. The second-order valence-corrected chi connectivity index (χ2v) is 4.63. The van der Waals surface area contributed by atoms with Gasteiger partial charge in [0.25, 0.3) is 6.43 Å². The molecular formula is C13H14ClF2NO2. The van der Waals surface area contributed by atoms with Gasteiger partial charge in [0, 0.05) is 17.0 Å². The number of halogens is 3. The molecule has 1 heterocycles. The Labute approximate surface area is 114 Å². The van der Waals surface area contributed by atoms with Gasteiger partial charge in [0.2, 0.25) is 0 Å². The van der Waals surface area contributed by atoms with Crippen LogP contribution in [-0.4, -0.2) is 19.6 Å². The molecule has 3 nitrogen and oxygen atoms in total. The SMILES string of the molecule is NC(CCOCC(F)F)c1cc2cc(Cl)ccc2o1.